The van der Waals surface area contributed by atoms with E-state index < -0.39 is 5.97 Å². The van der Waals surface area contributed by atoms with E-state index in [9.17, 15) is 9.90 Å². The monoisotopic (exact) mass is 279 g/mol. The Morgan fingerprint density at radius 3 is 3.00 bits per heavy atom. The quantitative estimate of drug-likeness (QED) is 0.838. The molecule has 20 heavy (non-hydrogen) atoms. The summed E-state index contributed by atoms with van der Waals surface area (Å²) in [6, 6.07) is 4.94. The zero-order valence-electron chi connectivity index (χ0n) is 11.9. The summed E-state index contributed by atoms with van der Waals surface area (Å²) >= 11 is 0. The Kier molecular flexibility index (Phi) is 4.84. The molecule has 1 aliphatic heterocycles. The maximum absolute atomic E-state index is 11.2. The molecular formula is C15H21NO4. The van der Waals surface area contributed by atoms with Gasteiger partial charge in [0.15, 0.2) is 0 Å². The van der Waals surface area contributed by atoms with Gasteiger partial charge in [0.2, 0.25) is 0 Å². The van der Waals surface area contributed by atoms with Crippen LogP contribution in [0.5, 0.6) is 5.75 Å². The van der Waals surface area contributed by atoms with Gasteiger partial charge >= 0.3 is 5.97 Å². The van der Waals surface area contributed by atoms with Crippen molar-refractivity contribution in [3.63, 3.8) is 0 Å². The number of carboxylic acid groups (broad SMARTS) is 1. The first-order valence-electron chi connectivity index (χ1n) is 6.92. The highest BCUT2D eigenvalue weighted by Gasteiger charge is 2.26. The molecule has 2 N–H and O–H groups in total. The number of rotatable bonds is 6. The van der Waals surface area contributed by atoms with E-state index in [4.69, 9.17) is 9.47 Å². The molecule has 1 aromatic rings. The highest BCUT2D eigenvalue weighted by Crippen LogP contribution is 2.26. The number of hydrogen-bond donors (Lipinski definition) is 2. The normalized spacial score (nSPS) is 21.7. The molecule has 1 aliphatic rings. The summed E-state index contributed by atoms with van der Waals surface area (Å²) in [6.45, 7) is 3.61. The molecule has 2 atom stereocenters. The van der Waals surface area contributed by atoms with Crippen LogP contribution < -0.4 is 10.1 Å². The molecule has 0 bridgehead atoms. The minimum Gasteiger partial charge on any atom is -0.497 e. The van der Waals surface area contributed by atoms with E-state index in [1.807, 2.05) is 0 Å². The van der Waals surface area contributed by atoms with Gasteiger partial charge in [-0.05, 0) is 25.0 Å². The number of aromatic carboxylic acids is 1. The van der Waals surface area contributed by atoms with Crippen LogP contribution in [0.1, 0.15) is 30.1 Å². The van der Waals surface area contributed by atoms with Gasteiger partial charge in [0.1, 0.15) is 5.75 Å². The molecule has 0 spiro atoms. The first-order chi connectivity index (χ1) is 9.65. The fraction of sp³-hybridized carbons (Fsp3) is 0.533. The minimum atomic E-state index is -0.940. The van der Waals surface area contributed by atoms with E-state index in [0.29, 0.717) is 23.9 Å². The lowest BCUT2D eigenvalue weighted by Crippen LogP contribution is -2.23. The molecule has 0 aromatic heterocycles. The van der Waals surface area contributed by atoms with Crippen LogP contribution in [0.2, 0.25) is 0 Å². The molecule has 110 valence electrons. The fourth-order valence-corrected chi connectivity index (χ4v) is 2.60. The molecule has 0 aliphatic carbocycles. The second kappa shape index (κ2) is 6.61. The van der Waals surface area contributed by atoms with Crippen molar-refractivity contribution >= 4 is 11.7 Å². The van der Waals surface area contributed by atoms with Crippen molar-refractivity contribution < 1.29 is 19.4 Å². The smallest absolute Gasteiger partial charge is 0.337 e. The lowest BCUT2D eigenvalue weighted by molar-refractivity contribution is 0.0698. The van der Waals surface area contributed by atoms with E-state index in [1.54, 1.807) is 25.3 Å². The minimum absolute atomic E-state index is 0.262. The summed E-state index contributed by atoms with van der Waals surface area (Å²) in [5.74, 6) is 0.130. The van der Waals surface area contributed by atoms with E-state index in [1.165, 1.54) is 0 Å². The molecule has 1 saturated heterocycles. The molecular weight excluding hydrogens is 258 g/mol. The fourth-order valence-electron chi connectivity index (χ4n) is 2.60. The van der Waals surface area contributed by atoms with Crippen molar-refractivity contribution in [2.75, 3.05) is 25.6 Å². The summed E-state index contributed by atoms with van der Waals surface area (Å²) in [5, 5.41) is 12.4. The molecule has 5 nitrogen and oxygen atoms in total. The van der Waals surface area contributed by atoms with Crippen LogP contribution in [-0.2, 0) is 4.74 Å². The number of nitrogens with one attached hydrogen (secondary N) is 1. The van der Waals surface area contributed by atoms with Crippen molar-refractivity contribution in [3.05, 3.63) is 23.8 Å². The Bertz CT molecular complexity index is 475. The number of carboxylic acids is 1. The number of ether oxygens (including phenoxy) is 2. The second-order valence-electron chi connectivity index (χ2n) is 4.96. The largest absolute Gasteiger partial charge is 0.497 e. The Morgan fingerprint density at radius 2 is 2.35 bits per heavy atom. The molecule has 1 heterocycles. The molecule has 1 aromatic carbocycles. The third-order valence-electron chi connectivity index (χ3n) is 3.76. The Balaban J connectivity index is 2.09. The van der Waals surface area contributed by atoms with Crippen LogP contribution in [0.25, 0.3) is 0 Å². The second-order valence-corrected chi connectivity index (χ2v) is 4.96. The molecule has 2 rings (SSSR count). The van der Waals surface area contributed by atoms with Crippen LogP contribution in [0.3, 0.4) is 0 Å². The molecule has 0 amide bonds. The third kappa shape index (κ3) is 3.22. The lowest BCUT2D eigenvalue weighted by atomic mass is 9.99. The molecule has 1 fully saturated rings. The molecule has 5 heteroatoms. The number of methoxy groups -OCH3 is 1. The van der Waals surface area contributed by atoms with Gasteiger partial charge < -0.3 is 19.9 Å². The average molecular weight is 279 g/mol. The van der Waals surface area contributed by atoms with Gasteiger partial charge in [0, 0.05) is 25.1 Å². The zero-order chi connectivity index (χ0) is 14.5. The predicted molar refractivity (Wildman–Crippen MR) is 76.6 cm³/mol. The van der Waals surface area contributed by atoms with Gasteiger partial charge in [-0.25, -0.2) is 4.79 Å². The van der Waals surface area contributed by atoms with E-state index in [0.717, 1.165) is 19.4 Å². The predicted octanol–water partition coefficient (Wildman–Crippen LogP) is 2.62. The standard InChI is InChI=1S/C15H21NO4/c1-3-14-10(6-7-20-14)9-16-13-8-11(19-2)4-5-12(13)15(17)18/h4-5,8,10,14,16H,3,6-7,9H2,1-2H3,(H,17,18). The molecule has 0 saturated carbocycles. The van der Waals surface area contributed by atoms with Crippen LogP contribution in [0, 0.1) is 5.92 Å². The highest BCUT2D eigenvalue weighted by atomic mass is 16.5. The van der Waals surface area contributed by atoms with Gasteiger partial charge in [-0.15, -0.1) is 0 Å². The van der Waals surface area contributed by atoms with Crippen molar-refractivity contribution in [1.29, 1.82) is 0 Å². The maximum atomic E-state index is 11.2. The Morgan fingerprint density at radius 1 is 1.55 bits per heavy atom. The van der Waals surface area contributed by atoms with Gasteiger partial charge in [-0.3, -0.25) is 0 Å². The van der Waals surface area contributed by atoms with Gasteiger partial charge in [-0.2, -0.15) is 0 Å². The lowest BCUT2D eigenvalue weighted by Gasteiger charge is -2.19. The molecule has 0 radical (unpaired) electrons. The Labute approximate surface area is 118 Å². The van der Waals surface area contributed by atoms with E-state index in [2.05, 4.69) is 12.2 Å². The van der Waals surface area contributed by atoms with E-state index >= 15 is 0 Å². The number of anilines is 1. The van der Waals surface area contributed by atoms with Crippen molar-refractivity contribution in [3.8, 4) is 5.75 Å². The topological polar surface area (TPSA) is 67.8 Å². The number of benzene rings is 1. The van der Waals surface area contributed by atoms with Gasteiger partial charge in [-0.1, -0.05) is 6.92 Å². The molecule has 2 unspecified atom stereocenters. The number of carbonyl (C=O) groups is 1. The van der Waals surface area contributed by atoms with Crippen LogP contribution in [0.15, 0.2) is 18.2 Å². The van der Waals surface area contributed by atoms with Gasteiger partial charge in [0.25, 0.3) is 0 Å². The van der Waals surface area contributed by atoms with E-state index in [-0.39, 0.29) is 11.7 Å². The average Bonchev–Trinajstić information content (AvgIpc) is 2.91. The third-order valence-corrected chi connectivity index (χ3v) is 3.76. The van der Waals surface area contributed by atoms with Crippen molar-refractivity contribution in [1.82, 2.24) is 0 Å². The zero-order valence-corrected chi connectivity index (χ0v) is 11.9. The van der Waals surface area contributed by atoms with Gasteiger partial charge in [0.05, 0.1) is 24.5 Å². The SMILES string of the molecule is CCC1OCCC1CNc1cc(OC)ccc1C(=O)O. The first-order valence-corrected chi connectivity index (χ1v) is 6.92. The summed E-state index contributed by atoms with van der Waals surface area (Å²) in [6.07, 6.45) is 2.26. The maximum Gasteiger partial charge on any atom is 0.337 e. The Hall–Kier alpha value is -1.75. The summed E-state index contributed by atoms with van der Waals surface area (Å²) in [5.41, 5.74) is 0.858. The first kappa shape index (κ1) is 14.7. The van der Waals surface area contributed by atoms with Crippen LogP contribution in [0.4, 0.5) is 5.69 Å². The van der Waals surface area contributed by atoms with Crippen molar-refractivity contribution in [2.45, 2.75) is 25.9 Å². The van der Waals surface area contributed by atoms with Crippen LogP contribution >= 0.6 is 0 Å². The van der Waals surface area contributed by atoms with Crippen molar-refractivity contribution in [2.24, 2.45) is 5.92 Å². The summed E-state index contributed by atoms with van der Waals surface area (Å²) < 4.78 is 10.8. The summed E-state index contributed by atoms with van der Waals surface area (Å²) in [7, 11) is 1.57. The van der Waals surface area contributed by atoms with Crippen LogP contribution in [-0.4, -0.2) is 37.4 Å². The number of hydrogen-bond acceptors (Lipinski definition) is 4. The highest BCUT2D eigenvalue weighted by molar-refractivity contribution is 5.94. The summed E-state index contributed by atoms with van der Waals surface area (Å²) in [4.78, 5) is 11.2.